The molecule has 1 aliphatic heterocycles. The summed E-state index contributed by atoms with van der Waals surface area (Å²) in [6.45, 7) is 5.92. The molecule has 38 heavy (non-hydrogen) atoms. The fourth-order valence-electron chi connectivity index (χ4n) is 4.75. The Balaban J connectivity index is 1.61. The maximum Gasteiger partial charge on any atom is 0.294 e. The third kappa shape index (κ3) is 4.41. The van der Waals surface area contributed by atoms with E-state index in [4.69, 9.17) is 13.9 Å². The van der Waals surface area contributed by atoms with Crippen LogP contribution in [0, 0.1) is 0 Å². The van der Waals surface area contributed by atoms with Gasteiger partial charge in [-0.05, 0) is 67.8 Å². The number of aliphatic hydroxyl groups is 1. The molecule has 2 heterocycles. The number of ketones is 1. The number of furan rings is 1. The predicted molar refractivity (Wildman–Crippen MR) is 145 cm³/mol. The fourth-order valence-corrected chi connectivity index (χ4v) is 4.75. The first-order valence-electron chi connectivity index (χ1n) is 12.6. The minimum absolute atomic E-state index is 0.00327. The molecule has 4 aromatic rings. The van der Waals surface area contributed by atoms with Crippen molar-refractivity contribution in [2.75, 3.05) is 12.0 Å². The molecule has 5 rings (SSSR count). The van der Waals surface area contributed by atoms with E-state index in [9.17, 15) is 14.7 Å². The van der Waals surface area contributed by atoms with Gasteiger partial charge >= 0.3 is 0 Å². The Hall–Kier alpha value is -4.52. The molecular weight excluding hydrogens is 482 g/mol. The Morgan fingerprint density at radius 3 is 2.39 bits per heavy atom. The molecule has 1 atom stereocenters. The smallest absolute Gasteiger partial charge is 0.294 e. The van der Waals surface area contributed by atoms with Crippen LogP contribution in [0.5, 0.6) is 11.5 Å². The van der Waals surface area contributed by atoms with E-state index in [1.165, 1.54) is 12.0 Å². The fraction of sp³-hybridized carbons (Fsp3) is 0.226. The highest BCUT2D eigenvalue weighted by atomic mass is 16.5. The third-order valence-electron chi connectivity index (χ3n) is 6.59. The number of para-hydroxylation sites is 1. The number of carbonyl (C=O) groups excluding carboxylic acids is 2. The lowest BCUT2D eigenvalue weighted by molar-refractivity contribution is -0.117. The summed E-state index contributed by atoms with van der Waals surface area (Å²) in [5.74, 6) is -0.681. The number of nitrogens with zero attached hydrogens (tertiary/aromatic N) is 1. The van der Waals surface area contributed by atoms with Gasteiger partial charge < -0.3 is 19.0 Å². The van der Waals surface area contributed by atoms with E-state index in [-0.39, 0.29) is 17.4 Å². The van der Waals surface area contributed by atoms with Gasteiger partial charge in [0.1, 0.15) is 5.75 Å². The number of benzene rings is 3. The second kappa shape index (κ2) is 10.1. The van der Waals surface area contributed by atoms with Crippen molar-refractivity contribution in [1.82, 2.24) is 0 Å². The van der Waals surface area contributed by atoms with Crippen molar-refractivity contribution in [3.8, 4) is 11.5 Å². The van der Waals surface area contributed by atoms with Crippen molar-refractivity contribution in [2.45, 2.75) is 39.3 Å². The summed E-state index contributed by atoms with van der Waals surface area (Å²) in [4.78, 5) is 28.8. The highest BCUT2D eigenvalue weighted by Gasteiger charge is 2.45. The number of amides is 1. The van der Waals surface area contributed by atoms with Gasteiger partial charge in [0, 0.05) is 11.1 Å². The van der Waals surface area contributed by atoms with Crippen molar-refractivity contribution < 1.29 is 28.6 Å². The average Bonchev–Trinajstić information content (AvgIpc) is 3.47. The quantitative estimate of drug-likeness (QED) is 0.269. The van der Waals surface area contributed by atoms with Crippen molar-refractivity contribution in [1.29, 1.82) is 0 Å². The topological polar surface area (TPSA) is 89.2 Å². The number of hydrogen-bond donors (Lipinski definition) is 1. The largest absolute Gasteiger partial charge is 0.503 e. The second-order valence-corrected chi connectivity index (χ2v) is 9.41. The van der Waals surface area contributed by atoms with Crippen molar-refractivity contribution in [3.05, 3.63) is 101 Å². The lowest BCUT2D eigenvalue weighted by Crippen LogP contribution is -2.31. The molecule has 1 N–H and O–H groups in total. The minimum atomic E-state index is -0.854. The molecular formula is C31H29NO6. The Labute approximate surface area is 220 Å². The van der Waals surface area contributed by atoms with Gasteiger partial charge in [0.25, 0.3) is 5.91 Å². The first kappa shape index (κ1) is 25.1. The first-order valence-corrected chi connectivity index (χ1v) is 12.6. The lowest BCUT2D eigenvalue weighted by Gasteiger charge is -2.27. The average molecular weight is 512 g/mol. The molecule has 0 radical (unpaired) electrons. The van der Waals surface area contributed by atoms with Crippen LogP contribution in [-0.2, 0) is 11.2 Å². The van der Waals surface area contributed by atoms with Crippen LogP contribution in [0.15, 0.2) is 88.5 Å². The number of Topliss-reactive ketones (excluding diaryl/α,β-unsaturated/α-hetero) is 1. The van der Waals surface area contributed by atoms with Crippen LogP contribution in [0.25, 0.3) is 11.0 Å². The Bertz CT molecular complexity index is 1530. The number of anilines is 1. The van der Waals surface area contributed by atoms with E-state index in [1.807, 2.05) is 38.1 Å². The summed E-state index contributed by atoms with van der Waals surface area (Å²) < 4.78 is 17.0. The van der Waals surface area contributed by atoms with Crippen LogP contribution in [0.4, 0.5) is 5.69 Å². The van der Waals surface area contributed by atoms with Crippen LogP contribution < -0.4 is 14.4 Å². The number of carbonyl (C=O) groups is 2. The number of ether oxygens (including phenoxy) is 2. The second-order valence-electron chi connectivity index (χ2n) is 9.41. The molecule has 0 fully saturated rings. The standard InChI is InChI=1S/C31H29NO6/c1-5-19-9-11-20(12-10-19)27-26(28(33)25-17-21-7-6-8-24(36-4)30(21)38-25)29(34)31(35)32(27)22-13-15-23(16-14-22)37-18(2)3/h6-18,27,34H,5H2,1-4H3. The molecule has 1 aromatic heterocycles. The summed E-state index contributed by atoms with van der Waals surface area (Å²) in [6, 6.07) is 20.8. The molecule has 194 valence electrons. The normalized spacial score (nSPS) is 15.6. The van der Waals surface area contributed by atoms with E-state index < -0.39 is 23.5 Å². The SMILES string of the molecule is CCc1ccc(C2C(C(=O)c3cc4cccc(OC)c4o3)=C(O)C(=O)N2c2ccc(OC(C)C)cc2)cc1. The molecule has 7 nitrogen and oxygen atoms in total. The van der Waals surface area contributed by atoms with Gasteiger partial charge in [-0.15, -0.1) is 0 Å². The van der Waals surface area contributed by atoms with Gasteiger partial charge in [-0.3, -0.25) is 14.5 Å². The van der Waals surface area contributed by atoms with Gasteiger partial charge in [-0.1, -0.05) is 43.3 Å². The third-order valence-corrected chi connectivity index (χ3v) is 6.59. The van der Waals surface area contributed by atoms with Crippen molar-refractivity contribution in [3.63, 3.8) is 0 Å². The van der Waals surface area contributed by atoms with Crippen LogP contribution >= 0.6 is 0 Å². The van der Waals surface area contributed by atoms with Crippen molar-refractivity contribution in [2.24, 2.45) is 0 Å². The van der Waals surface area contributed by atoms with Crippen LogP contribution in [-0.4, -0.2) is 30.0 Å². The van der Waals surface area contributed by atoms with Gasteiger partial charge in [0.15, 0.2) is 22.9 Å². The minimum Gasteiger partial charge on any atom is -0.503 e. The molecule has 1 unspecified atom stereocenters. The Morgan fingerprint density at radius 2 is 1.76 bits per heavy atom. The summed E-state index contributed by atoms with van der Waals surface area (Å²) in [7, 11) is 1.52. The Morgan fingerprint density at radius 1 is 1.05 bits per heavy atom. The summed E-state index contributed by atoms with van der Waals surface area (Å²) >= 11 is 0. The van der Waals surface area contributed by atoms with Gasteiger partial charge in [-0.25, -0.2) is 0 Å². The molecule has 1 amide bonds. The number of aryl methyl sites for hydroxylation is 1. The molecule has 0 bridgehead atoms. The summed E-state index contributed by atoms with van der Waals surface area (Å²) in [6.07, 6.45) is 0.843. The van der Waals surface area contributed by atoms with E-state index in [1.54, 1.807) is 48.5 Å². The molecule has 0 spiro atoms. The molecule has 0 saturated heterocycles. The summed E-state index contributed by atoms with van der Waals surface area (Å²) in [5, 5.41) is 11.8. The van der Waals surface area contributed by atoms with Crippen LogP contribution in [0.1, 0.15) is 48.5 Å². The molecule has 0 aliphatic carbocycles. The predicted octanol–water partition coefficient (Wildman–Crippen LogP) is 6.57. The number of fused-ring (bicyclic) bond motifs is 1. The summed E-state index contributed by atoms with van der Waals surface area (Å²) in [5.41, 5.74) is 2.71. The van der Waals surface area contributed by atoms with Gasteiger partial charge in [0.2, 0.25) is 5.78 Å². The van der Waals surface area contributed by atoms with E-state index in [2.05, 4.69) is 6.92 Å². The zero-order valence-corrected chi connectivity index (χ0v) is 21.7. The van der Waals surface area contributed by atoms with E-state index in [0.717, 1.165) is 12.0 Å². The van der Waals surface area contributed by atoms with Crippen LogP contribution in [0.2, 0.25) is 0 Å². The lowest BCUT2D eigenvalue weighted by atomic mass is 9.94. The molecule has 0 saturated carbocycles. The monoisotopic (exact) mass is 511 g/mol. The molecule has 3 aromatic carbocycles. The zero-order valence-electron chi connectivity index (χ0n) is 21.7. The van der Waals surface area contributed by atoms with Gasteiger partial charge in [-0.2, -0.15) is 0 Å². The Kier molecular flexibility index (Phi) is 6.68. The number of methoxy groups -OCH3 is 1. The molecule has 1 aliphatic rings. The van der Waals surface area contributed by atoms with Gasteiger partial charge in [0.05, 0.1) is 24.8 Å². The zero-order chi connectivity index (χ0) is 27.0. The molecule has 7 heteroatoms. The van der Waals surface area contributed by atoms with E-state index >= 15 is 0 Å². The maximum atomic E-state index is 13.9. The van der Waals surface area contributed by atoms with Crippen LogP contribution in [0.3, 0.4) is 0 Å². The van der Waals surface area contributed by atoms with E-state index in [0.29, 0.717) is 33.7 Å². The number of hydrogen-bond acceptors (Lipinski definition) is 6. The first-order chi connectivity index (χ1) is 18.3. The maximum absolute atomic E-state index is 13.9. The number of aliphatic hydroxyl groups excluding tert-OH is 1. The van der Waals surface area contributed by atoms with Crippen molar-refractivity contribution >= 4 is 28.3 Å². The number of rotatable bonds is 8. The highest BCUT2D eigenvalue weighted by Crippen LogP contribution is 2.43. The highest BCUT2D eigenvalue weighted by molar-refractivity contribution is 6.20.